The van der Waals surface area contributed by atoms with Crippen LogP contribution in [0.15, 0.2) is 34.2 Å². The van der Waals surface area contributed by atoms with Crippen LogP contribution in [0.1, 0.15) is 26.3 Å². The third-order valence-electron chi connectivity index (χ3n) is 2.98. The molecule has 0 fully saturated rings. The van der Waals surface area contributed by atoms with E-state index in [1.165, 1.54) is 7.11 Å². The number of aliphatic imine (C=N–C) groups is 1. The summed E-state index contributed by atoms with van der Waals surface area (Å²) in [5.74, 6) is 0.661. The zero-order chi connectivity index (χ0) is 18.2. The number of rotatable bonds is 7. The minimum absolute atomic E-state index is 0.113. The molecule has 0 atom stereocenters. The van der Waals surface area contributed by atoms with E-state index in [1.54, 1.807) is 25.2 Å². The predicted molar refractivity (Wildman–Crippen MR) is 96.6 cm³/mol. The summed E-state index contributed by atoms with van der Waals surface area (Å²) in [6.07, 6.45) is 0. The fraction of sp³-hybridized carbons (Fsp3) is 0.562. The maximum absolute atomic E-state index is 12.2. The standard InChI is InChI=1S/C16H28N4O3S/c1-16(2,3)20-15(17-4)18-12-13-7-6-8-14(11-13)24(21,22)19-9-10-23-5/h6-8,11,19H,9-10,12H2,1-5H3,(H2,17,18,20). The van der Waals surface area contributed by atoms with Gasteiger partial charge in [-0.1, -0.05) is 12.1 Å². The molecule has 1 rings (SSSR count). The fourth-order valence-electron chi connectivity index (χ4n) is 1.90. The van der Waals surface area contributed by atoms with Gasteiger partial charge in [0, 0.05) is 32.8 Å². The molecule has 0 heterocycles. The van der Waals surface area contributed by atoms with E-state index in [9.17, 15) is 8.42 Å². The number of hydrogen-bond donors (Lipinski definition) is 3. The van der Waals surface area contributed by atoms with Crippen LogP contribution in [0.2, 0.25) is 0 Å². The Balaban J connectivity index is 2.75. The van der Waals surface area contributed by atoms with E-state index in [2.05, 4.69) is 20.3 Å². The van der Waals surface area contributed by atoms with Crippen LogP contribution in [-0.4, -0.2) is 47.2 Å². The molecule has 0 radical (unpaired) electrons. The van der Waals surface area contributed by atoms with Gasteiger partial charge in [-0.25, -0.2) is 13.1 Å². The molecule has 3 N–H and O–H groups in total. The molecule has 1 aromatic carbocycles. The highest BCUT2D eigenvalue weighted by atomic mass is 32.2. The summed E-state index contributed by atoms with van der Waals surface area (Å²) in [5.41, 5.74) is 0.736. The van der Waals surface area contributed by atoms with Crippen molar-refractivity contribution in [2.24, 2.45) is 4.99 Å². The van der Waals surface area contributed by atoms with Gasteiger partial charge in [0.15, 0.2) is 5.96 Å². The van der Waals surface area contributed by atoms with Crippen molar-refractivity contribution >= 4 is 16.0 Å². The van der Waals surface area contributed by atoms with Crippen molar-refractivity contribution in [3.63, 3.8) is 0 Å². The number of ether oxygens (including phenoxy) is 1. The van der Waals surface area contributed by atoms with Gasteiger partial charge in [-0.3, -0.25) is 4.99 Å². The van der Waals surface area contributed by atoms with Gasteiger partial charge in [0.1, 0.15) is 0 Å². The van der Waals surface area contributed by atoms with Crippen molar-refractivity contribution in [1.29, 1.82) is 0 Å². The zero-order valence-electron chi connectivity index (χ0n) is 15.0. The van der Waals surface area contributed by atoms with Crippen molar-refractivity contribution < 1.29 is 13.2 Å². The summed E-state index contributed by atoms with van der Waals surface area (Å²) >= 11 is 0. The lowest BCUT2D eigenvalue weighted by Crippen LogP contribution is -2.47. The fourth-order valence-corrected chi connectivity index (χ4v) is 2.99. The van der Waals surface area contributed by atoms with E-state index >= 15 is 0 Å². The molecule has 8 heteroatoms. The minimum Gasteiger partial charge on any atom is -0.383 e. The van der Waals surface area contributed by atoms with Crippen molar-refractivity contribution in [3.05, 3.63) is 29.8 Å². The molecule has 7 nitrogen and oxygen atoms in total. The summed E-state index contributed by atoms with van der Waals surface area (Å²) in [7, 11) is -0.309. The second-order valence-electron chi connectivity index (χ2n) is 6.34. The van der Waals surface area contributed by atoms with Gasteiger partial charge in [-0.05, 0) is 38.5 Å². The Morgan fingerprint density at radius 3 is 2.58 bits per heavy atom. The van der Waals surface area contributed by atoms with E-state index in [4.69, 9.17) is 4.74 Å². The van der Waals surface area contributed by atoms with Gasteiger partial charge in [0.25, 0.3) is 0 Å². The molecule has 0 unspecified atom stereocenters. The predicted octanol–water partition coefficient (Wildman–Crippen LogP) is 1.07. The highest BCUT2D eigenvalue weighted by molar-refractivity contribution is 7.89. The third kappa shape index (κ3) is 7.29. The van der Waals surface area contributed by atoms with Crippen molar-refractivity contribution in [1.82, 2.24) is 15.4 Å². The average molecular weight is 356 g/mol. The molecule has 24 heavy (non-hydrogen) atoms. The van der Waals surface area contributed by atoms with Gasteiger partial charge in [-0.2, -0.15) is 0 Å². The average Bonchev–Trinajstić information content (AvgIpc) is 2.51. The molecular weight excluding hydrogens is 328 g/mol. The van der Waals surface area contributed by atoms with Crippen LogP contribution in [-0.2, 0) is 21.3 Å². The molecule has 0 spiro atoms. The molecule has 0 aliphatic carbocycles. The SMILES string of the molecule is CN=C(NCc1cccc(S(=O)(=O)NCCOC)c1)NC(C)(C)C. The molecule has 0 saturated carbocycles. The highest BCUT2D eigenvalue weighted by Gasteiger charge is 2.14. The molecule has 136 valence electrons. The first kappa shape index (κ1) is 20.4. The molecule has 0 aliphatic rings. The number of guanidine groups is 1. The van der Waals surface area contributed by atoms with E-state index < -0.39 is 10.0 Å². The molecule has 1 aromatic rings. The molecule has 0 aromatic heterocycles. The zero-order valence-corrected chi connectivity index (χ0v) is 15.8. The maximum atomic E-state index is 12.2. The van der Waals surface area contributed by atoms with E-state index in [0.29, 0.717) is 19.1 Å². The first-order chi connectivity index (χ1) is 11.2. The van der Waals surface area contributed by atoms with Crippen LogP contribution in [0, 0.1) is 0 Å². The van der Waals surface area contributed by atoms with Crippen molar-refractivity contribution in [3.8, 4) is 0 Å². The van der Waals surface area contributed by atoms with Crippen LogP contribution in [0.25, 0.3) is 0 Å². The number of methoxy groups -OCH3 is 1. The number of nitrogens with one attached hydrogen (secondary N) is 3. The number of hydrogen-bond acceptors (Lipinski definition) is 4. The highest BCUT2D eigenvalue weighted by Crippen LogP contribution is 2.11. The van der Waals surface area contributed by atoms with Crippen molar-refractivity contribution in [2.75, 3.05) is 27.3 Å². The third-order valence-corrected chi connectivity index (χ3v) is 4.44. The van der Waals surface area contributed by atoms with Crippen LogP contribution in [0.4, 0.5) is 0 Å². The van der Waals surface area contributed by atoms with Gasteiger partial charge >= 0.3 is 0 Å². The Morgan fingerprint density at radius 1 is 1.29 bits per heavy atom. The Bertz CT molecular complexity index is 652. The molecule has 0 amide bonds. The summed E-state index contributed by atoms with van der Waals surface area (Å²) in [6, 6.07) is 6.81. The summed E-state index contributed by atoms with van der Waals surface area (Å²) in [4.78, 5) is 4.39. The van der Waals surface area contributed by atoms with Gasteiger partial charge in [0.05, 0.1) is 11.5 Å². The lowest BCUT2D eigenvalue weighted by atomic mass is 10.1. The van der Waals surface area contributed by atoms with Crippen LogP contribution >= 0.6 is 0 Å². The van der Waals surface area contributed by atoms with Gasteiger partial charge < -0.3 is 15.4 Å². The Kier molecular flexibility index (Phi) is 7.65. The summed E-state index contributed by atoms with van der Waals surface area (Å²) < 4.78 is 31.8. The number of nitrogens with zero attached hydrogens (tertiary/aromatic N) is 1. The van der Waals surface area contributed by atoms with Gasteiger partial charge in [0.2, 0.25) is 10.0 Å². The lowest BCUT2D eigenvalue weighted by molar-refractivity contribution is 0.204. The molecular formula is C16H28N4O3S. The quantitative estimate of drug-likeness (QED) is 0.386. The van der Waals surface area contributed by atoms with Gasteiger partial charge in [-0.15, -0.1) is 0 Å². The summed E-state index contributed by atoms with van der Waals surface area (Å²) in [6.45, 7) is 7.16. The van der Waals surface area contributed by atoms with E-state index in [1.807, 2.05) is 26.8 Å². The Hall–Kier alpha value is -1.64. The van der Waals surface area contributed by atoms with E-state index in [0.717, 1.165) is 5.56 Å². The second kappa shape index (κ2) is 9.00. The number of sulfonamides is 1. The lowest BCUT2D eigenvalue weighted by Gasteiger charge is -2.23. The van der Waals surface area contributed by atoms with Crippen molar-refractivity contribution in [2.45, 2.75) is 37.8 Å². The molecule has 0 bridgehead atoms. The largest absolute Gasteiger partial charge is 0.383 e. The summed E-state index contributed by atoms with van der Waals surface area (Å²) in [5, 5.41) is 6.43. The Morgan fingerprint density at radius 2 is 2.00 bits per heavy atom. The maximum Gasteiger partial charge on any atom is 0.240 e. The topological polar surface area (TPSA) is 91.8 Å². The molecule has 0 aliphatic heterocycles. The first-order valence-electron chi connectivity index (χ1n) is 7.74. The second-order valence-corrected chi connectivity index (χ2v) is 8.11. The first-order valence-corrected chi connectivity index (χ1v) is 9.22. The Labute approximate surface area is 145 Å². The van der Waals surface area contributed by atoms with E-state index in [-0.39, 0.29) is 17.0 Å². The molecule has 0 saturated heterocycles. The van der Waals surface area contributed by atoms with Crippen LogP contribution in [0.3, 0.4) is 0 Å². The van der Waals surface area contributed by atoms with Crippen LogP contribution in [0.5, 0.6) is 0 Å². The minimum atomic E-state index is -3.53. The monoisotopic (exact) mass is 356 g/mol. The normalized spacial score (nSPS) is 13.0. The smallest absolute Gasteiger partial charge is 0.240 e. The number of benzene rings is 1. The van der Waals surface area contributed by atoms with Crippen LogP contribution < -0.4 is 15.4 Å².